The minimum Gasteiger partial charge on any atom is -0.478 e. The van der Waals surface area contributed by atoms with Crippen molar-refractivity contribution >= 4 is 17.3 Å². The van der Waals surface area contributed by atoms with Gasteiger partial charge in [-0.25, -0.2) is 13.6 Å². The molecule has 0 spiro atoms. The van der Waals surface area contributed by atoms with Crippen LogP contribution in [0.2, 0.25) is 0 Å². The van der Waals surface area contributed by atoms with Gasteiger partial charge < -0.3 is 10.0 Å². The minimum absolute atomic E-state index is 0.156. The normalized spacial score (nSPS) is 10.3. The first-order valence-corrected chi connectivity index (χ1v) is 6.09. The summed E-state index contributed by atoms with van der Waals surface area (Å²) in [5.41, 5.74) is 0.685. The zero-order chi connectivity index (χ0) is 14.7. The van der Waals surface area contributed by atoms with Crippen LogP contribution in [0.25, 0.3) is 0 Å². The fourth-order valence-electron chi connectivity index (χ4n) is 2.05. The maximum atomic E-state index is 13.3. The highest BCUT2D eigenvalue weighted by molar-refractivity contribution is 5.95. The summed E-state index contributed by atoms with van der Waals surface area (Å²) in [6.45, 7) is 2.23. The Kier molecular flexibility index (Phi) is 3.98. The first kappa shape index (κ1) is 14.0. The zero-order valence-electron chi connectivity index (χ0n) is 10.8. The highest BCUT2D eigenvalue weighted by atomic mass is 19.1. The van der Waals surface area contributed by atoms with E-state index < -0.39 is 17.6 Å². The predicted octanol–water partition coefficient (Wildman–Crippen LogP) is 3.82. The number of hydrogen-bond acceptors (Lipinski definition) is 2. The second-order valence-corrected chi connectivity index (χ2v) is 4.19. The number of aromatic carboxylic acids is 1. The molecule has 2 aromatic carbocycles. The maximum absolute atomic E-state index is 13.3. The number of carboxylic acids is 1. The van der Waals surface area contributed by atoms with Gasteiger partial charge in [0.15, 0.2) is 0 Å². The molecule has 2 aromatic rings. The fraction of sp³-hybridized carbons (Fsp3) is 0.133. The molecule has 5 heteroatoms. The Bertz CT molecular complexity index is 644. The van der Waals surface area contributed by atoms with E-state index in [2.05, 4.69) is 0 Å². The highest BCUT2D eigenvalue weighted by Crippen LogP contribution is 2.29. The van der Waals surface area contributed by atoms with Gasteiger partial charge in [-0.2, -0.15) is 0 Å². The number of nitrogens with zero attached hydrogens (tertiary/aromatic N) is 1. The summed E-state index contributed by atoms with van der Waals surface area (Å²) in [4.78, 5) is 12.8. The molecule has 0 heterocycles. The van der Waals surface area contributed by atoms with E-state index in [1.807, 2.05) is 0 Å². The summed E-state index contributed by atoms with van der Waals surface area (Å²) in [5, 5.41) is 9.17. The number of carboxylic acid groups (broad SMARTS) is 1. The van der Waals surface area contributed by atoms with Crippen molar-refractivity contribution in [2.45, 2.75) is 6.92 Å². The molecule has 20 heavy (non-hydrogen) atoms. The van der Waals surface area contributed by atoms with Crippen LogP contribution in [-0.2, 0) is 0 Å². The number of anilines is 2. The van der Waals surface area contributed by atoms with Gasteiger partial charge >= 0.3 is 5.97 Å². The highest BCUT2D eigenvalue weighted by Gasteiger charge is 2.17. The molecule has 0 aromatic heterocycles. The van der Waals surface area contributed by atoms with Crippen LogP contribution in [0, 0.1) is 11.6 Å². The van der Waals surface area contributed by atoms with Crippen molar-refractivity contribution in [1.29, 1.82) is 0 Å². The lowest BCUT2D eigenvalue weighted by atomic mass is 10.1. The van der Waals surface area contributed by atoms with E-state index in [0.717, 1.165) is 6.07 Å². The van der Waals surface area contributed by atoms with Gasteiger partial charge in [0, 0.05) is 12.2 Å². The molecule has 2 rings (SSSR count). The minimum atomic E-state index is -1.23. The molecule has 0 unspecified atom stereocenters. The van der Waals surface area contributed by atoms with Gasteiger partial charge in [0.2, 0.25) is 0 Å². The Morgan fingerprint density at radius 3 is 2.45 bits per heavy atom. The number of carbonyl (C=O) groups is 1. The summed E-state index contributed by atoms with van der Waals surface area (Å²) in [6.07, 6.45) is 0. The molecule has 3 nitrogen and oxygen atoms in total. The van der Waals surface area contributed by atoms with Gasteiger partial charge in [-0.15, -0.1) is 0 Å². The first-order valence-electron chi connectivity index (χ1n) is 6.09. The molecule has 0 fully saturated rings. The molecule has 0 amide bonds. The van der Waals surface area contributed by atoms with Crippen LogP contribution in [-0.4, -0.2) is 17.6 Å². The fourth-order valence-corrected chi connectivity index (χ4v) is 2.05. The molecule has 1 N–H and O–H groups in total. The van der Waals surface area contributed by atoms with E-state index in [9.17, 15) is 13.6 Å². The molecule has 0 saturated carbocycles. The van der Waals surface area contributed by atoms with Crippen molar-refractivity contribution in [3.8, 4) is 0 Å². The van der Waals surface area contributed by atoms with Gasteiger partial charge in [0.25, 0.3) is 0 Å². The molecular weight excluding hydrogens is 264 g/mol. The van der Waals surface area contributed by atoms with Gasteiger partial charge in [-0.05, 0) is 43.3 Å². The summed E-state index contributed by atoms with van der Waals surface area (Å²) in [5.74, 6) is -2.27. The first-order chi connectivity index (χ1) is 9.52. The van der Waals surface area contributed by atoms with Gasteiger partial charge in [0.1, 0.15) is 11.6 Å². The molecule has 0 atom stereocenters. The maximum Gasteiger partial charge on any atom is 0.337 e. The van der Waals surface area contributed by atoms with Crippen LogP contribution in [0.4, 0.5) is 20.2 Å². The SMILES string of the molecule is CCN(c1cccc(F)c1)c1ccc(F)cc1C(=O)O. The van der Waals surface area contributed by atoms with E-state index in [1.165, 1.54) is 30.3 Å². The van der Waals surface area contributed by atoms with Crippen LogP contribution in [0.3, 0.4) is 0 Å². The molecule has 0 saturated heterocycles. The van der Waals surface area contributed by atoms with Crippen LogP contribution in [0.1, 0.15) is 17.3 Å². The molecular formula is C15H13F2NO2. The Labute approximate surface area is 115 Å². The van der Waals surface area contributed by atoms with Crippen molar-refractivity contribution in [3.63, 3.8) is 0 Å². The monoisotopic (exact) mass is 277 g/mol. The Morgan fingerprint density at radius 1 is 1.15 bits per heavy atom. The number of hydrogen-bond donors (Lipinski definition) is 1. The van der Waals surface area contributed by atoms with Crippen molar-refractivity contribution in [1.82, 2.24) is 0 Å². The lowest BCUT2D eigenvalue weighted by Gasteiger charge is -2.25. The number of rotatable bonds is 4. The predicted molar refractivity (Wildman–Crippen MR) is 72.4 cm³/mol. The summed E-state index contributed by atoms with van der Waals surface area (Å²) in [7, 11) is 0. The summed E-state index contributed by atoms with van der Waals surface area (Å²) < 4.78 is 26.5. The third kappa shape index (κ3) is 2.77. The smallest absolute Gasteiger partial charge is 0.337 e. The molecule has 0 bridgehead atoms. The van der Waals surface area contributed by atoms with Crippen LogP contribution < -0.4 is 4.90 Å². The van der Waals surface area contributed by atoms with Gasteiger partial charge in [0.05, 0.1) is 11.3 Å². The van der Waals surface area contributed by atoms with Crippen molar-refractivity contribution in [2.24, 2.45) is 0 Å². The Morgan fingerprint density at radius 2 is 1.85 bits per heavy atom. The summed E-state index contributed by atoms with van der Waals surface area (Å²) >= 11 is 0. The zero-order valence-corrected chi connectivity index (χ0v) is 10.8. The molecule has 0 aliphatic heterocycles. The van der Waals surface area contributed by atoms with E-state index in [-0.39, 0.29) is 5.56 Å². The Balaban J connectivity index is 2.55. The van der Waals surface area contributed by atoms with E-state index in [0.29, 0.717) is 17.9 Å². The van der Waals surface area contributed by atoms with E-state index >= 15 is 0 Å². The van der Waals surface area contributed by atoms with Crippen molar-refractivity contribution in [3.05, 3.63) is 59.7 Å². The van der Waals surface area contributed by atoms with Crippen molar-refractivity contribution < 1.29 is 18.7 Å². The van der Waals surface area contributed by atoms with Gasteiger partial charge in [-0.1, -0.05) is 6.07 Å². The van der Waals surface area contributed by atoms with E-state index in [1.54, 1.807) is 17.9 Å². The average molecular weight is 277 g/mol. The Hall–Kier alpha value is -2.43. The van der Waals surface area contributed by atoms with Crippen LogP contribution in [0.5, 0.6) is 0 Å². The van der Waals surface area contributed by atoms with E-state index in [4.69, 9.17) is 5.11 Å². The second-order valence-electron chi connectivity index (χ2n) is 4.19. The molecule has 0 aliphatic rings. The van der Waals surface area contributed by atoms with Crippen LogP contribution in [0.15, 0.2) is 42.5 Å². The topological polar surface area (TPSA) is 40.5 Å². The number of halogens is 2. The number of benzene rings is 2. The van der Waals surface area contributed by atoms with Gasteiger partial charge in [-0.3, -0.25) is 0 Å². The molecule has 0 radical (unpaired) electrons. The standard InChI is InChI=1S/C15H13F2NO2/c1-2-18(12-5-3-4-10(16)8-12)14-7-6-11(17)9-13(14)15(19)20/h3-9H,2H2,1H3,(H,19,20). The summed E-state index contributed by atoms with van der Waals surface area (Å²) in [6, 6.07) is 9.34. The van der Waals surface area contributed by atoms with Crippen molar-refractivity contribution in [2.75, 3.05) is 11.4 Å². The second kappa shape index (κ2) is 5.69. The molecule has 0 aliphatic carbocycles. The largest absolute Gasteiger partial charge is 0.478 e. The lowest BCUT2D eigenvalue weighted by molar-refractivity contribution is 0.0697. The van der Waals surface area contributed by atoms with Crippen LogP contribution >= 0.6 is 0 Å². The molecule has 104 valence electrons. The quantitative estimate of drug-likeness (QED) is 0.923. The lowest BCUT2D eigenvalue weighted by Crippen LogP contribution is -2.19. The third-order valence-electron chi connectivity index (χ3n) is 2.92. The average Bonchev–Trinajstić information content (AvgIpc) is 2.41. The third-order valence-corrected chi connectivity index (χ3v) is 2.92.